The van der Waals surface area contributed by atoms with E-state index < -0.39 is 22.5 Å². The maximum atomic E-state index is 17.5. The van der Waals surface area contributed by atoms with Crippen molar-refractivity contribution in [1.82, 2.24) is 0 Å². The van der Waals surface area contributed by atoms with Gasteiger partial charge in [-0.1, -0.05) is 261 Å². The highest BCUT2D eigenvalue weighted by molar-refractivity contribution is 5.92. The molecule has 0 radical (unpaired) electrons. The molecule has 14 rings (SSSR count). The van der Waals surface area contributed by atoms with Crippen molar-refractivity contribution in [1.29, 1.82) is 0 Å². The topological polar surface area (TPSA) is 6.48 Å². The Bertz CT molecular complexity index is 4400. The van der Waals surface area contributed by atoms with Crippen molar-refractivity contribution in [2.75, 3.05) is 9.80 Å². The predicted octanol–water partition coefficient (Wildman–Crippen LogP) is 23.2. The summed E-state index contributed by atoms with van der Waals surface area (Å²) in [7, 11) is 0. The Hall–Kier alpha value is -10.4. The summed E-state index contributed by atoms with van der Waals surface area (Å²) in [6.45, 7) is 21.6. The molecule has 90 heavy (non-hydrogen) atoms. The Morgan fingerprint density at radius 2 is 0.578 bits per heavy atom. The Morgan fingerprint density at radius 3 is 0.900 bits per heavy atom. The highest BCUT2D eigenvalue weighted by Gasteiger charge is 2.48. The molecule has 2 nitrogen and oxygen atoms in total. The molecule has 0 N–H and O–H groups in total. The van der Waals surface area contributed by atoms with Crippen molar-refractivity contribution in [2.45, 2.75) is 63.2 Å². The summed E-state index contributed by atoms with van der Waals surface area (Å²) in [5, 5.41) is 0. The zero-order valence-electron chi connectivity index (χ0n) is 51.8. The molecule has 0 aliphatic heterocycles. The first-order chi connectivity index (χ1) is 43.6. The van der Waals surface area contributed by atoms with E-state index in [4.69, 9.17) is 0 Å². The largest absolute Gasteiger partial charge is 0.310 e. The van der Waals surface area contributed by atoms with E-state index in [9.17, 15) is 0 Å². The van der Waals surface area contributed by atoms with Gasteiger partial charge in [0.2, 0.25) is 0 Å². The molecule has 2 atom stereocenters. The van der Waals surface area contributed by atoms with Crippen molar-refractivity contribution >= 4 is 46.3 Å². The monoisotopic (exact) mass is 1170 g/mol. The molecule has 0 spiro atoms. The predicted molar refractivity (Wildman–Crippen MR) is 373 cm³/mol. The molecule has 0 heterocycles. The molecule has 12 aromatic rings. The average molecular weight is 1170 g/mol. The Labute approximate surface area is 529 Å². The van der Waals surface area contributed by atoms with Gasteiger partial charge >= 0.3 is 0 Å². The highest BCUT2D eigenvalue weighted by atomic mass is 19.1. The minimum Gasteiger partial charge on any atom is -0.310 e. The second-order valence-corrected chi connectivity index (χ2v) is 26.0. The van der Waals surface area contributed by atoms with Gasteiger partial charge in [-0.05, 0) is 185 Å². The molecule has 2 aliphatic rings. The number of fused-ring (bicyclic) bond motifs is 6. The summed E-state index contributed by atoms with van der Waals surface area (Å²) in [6, 6.07) is 97.0. The van der Waals surface area contributed by atoms with Crippen molar-refractivity contribution in [3.63, 3.8) is 0 Å². The third kappa shape index (κ3) is 9.44. The van der Waals surface area contributed by atoms with Crippen LogP contribution >= 0.6 is 0 Å². The number of para-hydroxylation sites is 2. The van der Waals surface area contributed by atoms with Crippen molar-refractivity contribution in [3.05, 3.63) is 371 Å². The van der Waals surface area contributed by atoms with Crippen LogP contribution in [0.25, 0.3) is 45.5 Å². The van der Waals surface area contributed by atoms with E-state index in [0.717, 1.165) is 89.5 Å². The van der Waals surface area contributed by atoms with E-state index >= 15 is 8.78 Å². The van der Waals surface area contributed by atoms with Gasteiger partial charge in [0, 0.05) is 45.3 Å². The highest BCUT2D eigenvalue weighted by Crippen LogP contribution is 2.60. The van der Waals surface area contributed by atoms with Gasteiger partial charge in [-0.2, -0.15) is 0 Å². The summed E-state index contributed by atoms with van der Waals surface area (Å²) in [4.78, 5) is 4.20. The lowest BCUT2D eigenvalue weighted by molar-refractivity contribution is 0.589. The van der Waals surface area contributed by atoms with Crippen LogP contribution in [0.5, 0.6) is 0 Å². The van der Waals surface area contributed by atoms with Crippen LogP contribution in [0.15, 0.2) is 292 Å². The number of anilines is 6. The van der Waals surface area contributed by atoms with Gasteiger partial charge in [0.05, 0.1) is 10.8 Å². The molecule has 0 amide bonds. The summed E-state index contributed by atoms with van der Waals surface area (Å²) < 4.78 is 35.1. The molecule has 0 saturated heterocycles. The number of hydrogen-bond acceptors (Lipinski definition) is 2. The van der Waals surface area contributed by atoms with Crippen molar-refractivity contribution in [2.24, 2.45) is 0 Å². The Balaban J connectivity index is 0.873. The van der Waals surface area contributed by atoms with Gasteiger partial charge in [-0.25, -0.2) is 8.78 Å². The Kier molecular flexibility index (Phi) is 14.2. The summed E-state index contributed by atoms with van der Waals surface area (Å²) in [6.07, 6.45) is 3.76. The quantitative estimate of drug-likeness (QED) is 0.114. The maximum absolute atomic E-state index is 17.5. The van der Waals surface area contributed by atoms with Crippen LogP contribution in [-0.4, -0.2) is 0 Å². The molecule has 0 bridgehead atoms. The first-order valence-electron chi connectivity index (χ1n) is 31.1. The average Bonchev–Trinajstić information content (AvgIpc) is 1.49. The zero-order chi connectivity index (χ0) is 62.1. The van der Waals surface area contributed by atoms with Crippen molar-refractivity contribution < 1.29 is 8.78 Å². The van der Waals surface area contributed by atoms with Crippen molar-refractivity contribution in [3.8, 4) is 33.4 Å². The van der Waals surface area contributed by atoms with E-state index in [1.165, 1.54) is 34.4 Å². The molecule has 2 aliphatic carbocycles. The smallest absolute Gasteiger partial charge is 0.133 e. The molecule has 4 heteroatoms. The first-order valence-corrected chi connectivity index (χ1v) is 31.1. The molecular weight excluding hydrogens is 1100 g/mol. The fraction of sp³-hybridized carbons (Fsp3) is 0.116. The Morgan fingerprint density at radius 1 is 0.289 bits per heavy atom. The van der Waals surface area contributed by atoms with Crippen LogP contribution in [0.3, 0.4) is 0 Å². The first kappa shape index (κ1) is 57.3. The standard InChI is InChI=1S/C86H70F2N2/c1-9-57-29-33-61(34-30-57)85(63-41-37-59(38-42-63)83(3,4)5)77-27-19-17-25-71(77)73-49-45-67(53-79(73)85)89(65-21-13-11-14-22-65)69-47-51-75(81(87)55-69)76-52-48-70(56-82(76)88)90(66-23-15-12-16-24-66)68-46-50-74-72-26-18-20-28-78(72)86(80(74)54-68,62-35-31-58(10-2)32-36-62)64-43-39-60(40-44-64)84(6,7)8/h9-56H,1-2H2,3-8H3. The summed E-state index contributed by atoms with van der Waals surface area (Å²) in [5.41, 5.74) is 21.8. The van der Waals surface area contributed by atoms with Crippen LogP contribution in [0.4, 0.5) is 42.9 Å². The van der Waals surface area contributed by atoms with Crippen LogP contribution in [0.2, 0.25) is 0 Å². The molecular formula is C86H70F2N2. The number of nitrogens with zero attached hydrogens (tertiary/aromatic N) is 2. The van der Waals surface area contributed by atoms with Crippen LogP contribution in [0.1, 0.15) is 108 Å². The van der Waals surface area contributed by atoms with E-state index in [-0.39, 0.29) is 22.0 Å². The summed E-state index contributed by atoms with van der Waals surface area (Å²) in [5.74, 6) is -1.09. The molecule has 438 valence electrons. The maximum Gasteiger partial charge on any atom is 0.133 e. The third-order valence-corrected chi connectivity index (χ3v) is 18.8. The lowest BCUT2D eigenvalue weighted by Gasteiger charge is -2.35. The van der Waals surface area contributed by atoms with Gasteiger partial charge in [-0.3, -0.25) is 0 Å². The van der Waals surface area contributed by atoms with Crippen LogP contribution in [0, 0.1) is 11.6 Å². The van der Waals surface area contributed by atoms with E-state index in [0.29, 0.717) is 11.4 Å². The van der Waals surface area contributed by atoms with Gasteiger partial charge in [0.15, 0.2) is 0 Å². The van der Waals surface area contributed by atoms with Crippen LogP contribution < -0.4 is 9.80 Å². The van der Waals surface area contributed by atoms with Gasteiger partial charge in [0.25, 0.3) is 0 Å². The van der Waals surface area contributed by atoms with Crippen LogP contribution in [-0.2, 0) is 21.7 Å². The molecule has 0 fully saturated rings. The minimum atomic E-state index is -0.705. The fourth-order valence-corrected chi connectivity index (χ4v) is 14.3. The van der Waals surface area contributed by atoms with Gasteiger partial charge in [-0.15, -0.1) is 0 Å². The molecule has 12 aromatic carbocycles. The zero-order valence-corrected chi connectivity index (χ0v) is 51.8. The lowest BCUT2D eigenvalue weighted by atomic mass is 9.67. The lowest BCUT2D eigenvalue weighted by Crippen LogP contribution is -2.29. The minimum absolute atomic E-state index is 0.0380. The second-order valence-electron chi connectivity index (χ2n) is 26.0. The van der Waals surface area contributed by atoms with Gasteiger partial charge < -0.3 is 9.80 Å². The summed E-state index contributed by atoms with van der Waals surface area (Å²) >= 11 is 0. The molecule has 0 saturated carbocycles. The number of rotatable bonds is 13. The SMILES string of the molecule is C=Cc1ccc(C2(c3ccc(C(C)(C)C)cc3)c3ccccc3-c3ccc(N(c4ccccc4)c4ccc(-c5ccc(N(c6ccccc6)c6ccc7c(c6)C(c6ccc(C=C)cc6)(c6ccc(C(C)(C)C)cc6)c6ccccc6-7)cc5F)c(F)c4)cc32)cc1. The van der Waals surface area contributed by atoms with E-state index in [2.05, 4.69) is 246 Å². The van der Waals surface area contributed by atoms with E-state index in [1.54, 1.807) is 12.1 Å². The molecule has 2 unspecified atom stereocenters. The van der Waals surface area contributed by atoms with Gasteiger partial charge in [0.1, 0.15) is 11.6 Å². The number of hydrogen-bond donors (Lipinski definition) is 0. The number of halogens is 2. The second kappa shape index (κ2) is 22.3. The normalized spacial score (nSPS) is 15.5. The number of benzene rings is 12. The third-order valence-electron chi connectivity index (χ3n) is 18.8. The van der Waals surface area contributed by atoms with E-state index in [1.807, 2.05) is 84.9 Å². The molecule has 0 aromatic heterocycles. The fourth-order valence-electron chi connectivity index (χ4n) is 14.3.